The van der Waals surface area contributed by atoms with E-state index in [1.165, 1.54) is 18.6 Å². The standard InChI is InChI=1S/C10H7Cl2N5O/c11-7-8(12)15-4-16-9(7)17-10(18)6-2-1-5(13)3-14-6/h1-4H,13H2,(H,15,16,17,18). The van der Waals surface area contributed by atoms with Gasteiger partial charge in [0.25, 0.3) is 5.91 Å². The fraction of sp³-hybridized carbons (Fsp3) is 0. The molecule has 0 fully saturated rings. The number of amides is 1. The molecule has 0 unspecified atom stereocenters. The van der Waals surface area contributed by atoms with E-state index in [9.17, 15) is 4.79 Å². The second-order valence-corrected chi connectivity index (χ2v) is 3.99. The van der Waals surface area contributed by atoms with Crippen LogP contribution in [-0.2, 0) is 0 Å². The molecule has 0 spiro atoms. The average Bonchev–Trinajstić information content (AvgIpc) is 2.36. The number of pyridine rings is 1. The van der Waals surface area contributed by atoms with E-state index in [-0.39, 0.29) is 21.7 Å². The molecule has 1 amide bonds. The van der Waals surface area contributed by atoms with Gasteiger partial charge in [-0.05, 0) is 12.1 Å². The Labute approximate surface area is 112 Å². The van der Waals surface area contributed by atoms with Crippen LogP contribution in [-0.4, -0.2) is 20.9 Å². The summed E-state index contributed by atoms with van der Waals surface area (Å²) in [4.78, 5) is 23.2. The molecule has 0 aliphatic heterocycles. The highest BCUT2D eigenvalue weighted by atomic mass is 35.5. The third kappa shape index (κ3) is 2.66. The van der Waals surface area contributed by atoms with Crippen molar-refractivity contribution in [1.82, 2.24) is 15.0 Å². The van der Waals surface area contributed by atoms with Crippen molar-refractivity contribution in [2.75, 3.05) is 11.1 Å². The van der Waals surface area contributed by atoms with Gasteiger partial charge in [0, 0.05) is 0 Å². The second-order valence-electron chi connectivity index (χ2n) is 3.26. The van der Waals surface area contributed by atoms with E-state index in [0.29, 0.717) is 5.69 Å². The van der Waals surface area contributed by atoms with Crippen LogP contribution >= 0.6 is 23.2 Å². The van der Waals surface area contributed by atoms with Crippen LogP contribution in [0.5, 0.6) is 0 Å². The maximum atomic E-state index is 11.8. The van der Waals surface area contributed by atoms with Crippen molar-refractivity contribution in [1.29, 1.82) is 0 Å². The van der Waals surface area contributed by atoms with Gasteiger partial charge in [-0.15, -0.1) is 0 Å². The molecular weight excluding hydrogens is 277 g/mol. The first-order valence-corrected chi connectivity index (χ1v) is 5.52. The van der Waals surface area contributed by atoms with E-state index in [2.05, 4.69) is 20.3 Å². The highest BCUT2D eigenvalue weighted by Gasteiger charge is 2.12. The van der Waals surface area contributed by atoms with Crippen LogP contribution in [0.4, 0.5) is 11.5 Å². The Balaban J connectivity index is 2.21. The zero-order chi connectivity index (χ0) is 13.1. The first-order valence-electron chi connectivity index (χ1n) is 4.77. The SMILES string of the molecule is Nc1ccc(C(=O)Nc2ncnc(Cl)c2Cl)nc1. The predicted molar refractivity (Wildman–Crippen MR) is 68.7 cm³/mol. The highest BCUT2D eigenvalue weighted by molar-refractivity contribution is 6.43. The molecule has 2 rings (SSSR count). The quantitative estimate of drug-likeness (QED) is 0.823. The Hall–Kier alpha value is -1.92. The summed E-state index contributed by atoms with van der Waals surface area (Å²) >= 11 is 11.5. The van der Waals surface area contributed by atoms with Gasteiger partial charge in [-0.3, -0.25) is 4.79 Å². The van der Waals surface area contributed by atoms with Gasteiger partial charge >= 0.3 is 0 Å². The van der Waals surface area contributed by atoms with Crippen molar-refractivity contribution in [3.05, 3.63) is 40.5 Å². The predicted octanol–water partition coefficient (Wildman–Crippen LogP) is 2.01. The Morgan fingerprint density at radius 2 is 2.00 bits per heavy atom. The van der Waals surface area contributed by atoms with Crippen molar-refractivity contribution in [2.24, 2.45) is 0 Å². The molecule has 0 saturated heterocycles. The third-order valence-corrected chi connectivity index (χ3v) is 2.74. The van der Waals surface area contributed by atoms with Crippen molar-refractivity contribution in [2.45, 2.75) is 0 Å². The number of nitrogens with zero attached hydrogens (tertiary/aromatic N) is 3. The summed E-state index contributed by atoms with van der Waals surface area (Å²) in [6, 6.07) is 3.05. The van der Waals surface area contributed by atoms with E-state index < -0.39 is 5.91 Å². The van der Waals surface area contributed by atoms with Gasteiger partial charge in [0.05, 0.1) is 11.9 Å². The second kappa shape index (κ2) is 5.16. The average molecular weight is 284 g/mol. The number of hydrogen-bond acceptors (Lipinski definition) is 5. The molecule has 0 bridgehead atoms. The number of nitrogens with two attached hydrogens (primary N) is 1. The van der Waals surface area contributed by atoms with Crippen molar-refractivity contribution >= 4 is 40.6 Å². The molecule has 0 atom stereocenters. The summed E-state index contributed by atoms with van der Waals surface area (Å²) in [7, 11) is 0. The number of nitrogen functional groups attached to an aromatic ring is 1. The molecule has 0 saturated carbocycles. The van der Waals surface area contributed by atoms with Gasteiger partial charge in [-0.2, -0.15) is 0 Å². The van der Waals surface area contributed by atoms with Crippen LogP contribution in [0.2, 0.25) is 10.2 Å². The van der Waals surface area contributed by atoms with Gasteiger partial charge in [0.2, 0.25) is 0 Å². The summed E-state index contributed by atoms with van der Waals surface area (Å²) in [5, 5.41) is 2.61. The van der Waals surface area contributed by atoms with Gasteiger partial charge < -0.3 is 11.1 Å². The van der Waals surface area contributed by atoms with Gasteiger partial charge in [0.1, 0.15) is 17.0 Å². The summed E-state index contributed by atoms with van der Waals surface area (Å²) in [6.07, 6.45) is 2.57. The molecule has 18 heavy (non-hydrogen) atoms. The number of rotatable bonds is 2. The minimum atomic E-state index is -0.466. The maximum Gasteiger partial charge on any atom is 0.275 e. The van der Waals surface area contributed by atoms with E-state index in [1.54, 1.807) is 6.07 Å². The monoisotopic (exact) mass is 283 g/mol. The fourth-order valence-electron chi connectivity index (χ4n) is 1.15. The number of aromatic nitrogens is 3. The molecule has 8 heteroatoms. The van der Waals surface area contributed by atoms with Crippen LogP contribution in [0.25, 0.3) is 0 Å². The van der Waals surface area contributed by atoms with Gasteiger partial charge in [0.15, 0.2) is 11.0 Å². The number of hydrogen-bond donors (Lipinski definition) is 2. The largest absolute Gasteiger partial charge is 0.397 e. The van der Waals surface area contributed by atoms with E-state index in [1.807, 2.05) is 0 Å². The van der Waals surface area contributed by atoms with Gasteiger partial charge in [-0.1, -0.05) is 23.2 Å². The summed E-state index contributed by atoms with van der Waals surface area (Å²) in [6.45, 7) is 0. The Kier molecular flexibility index (Phi) is 3.59. The minimum Gasteiger partial charge on any atom is -0.397 e. The smallest absolute Gasteiger partial charge is 0.275 e. The van der Waals surface area contributed by atoms with Crippen LogP contribution in [0.15, 0.2) is 24.7 Å². The van der Waals surface area contributed by atoms with E-state index in [4.69, 9.17) is 28.9 Å². The zero-order valence-corrected chi connectivity index (χ0v) is 10.4. The number of anilines is 2. The van der Waals surface area contributed by atoms with Crippen LogP contribution in [0, 0.1) is 0 Å². The molecule has 0 radical (unpaired) electrons. The Morgan fingerprint density at radius 3 is 2.67 bits per heavy atom. The number of nitrogens with one attached hydrogen (secondary N) is 1. The summed E-state index contributed by atoms with van der Waals surface area (Å²) in [5.41, 5.74) is 6.13. The molecule has 0 aliphatic carbocycles. The lowest BCUT2D eigenvalue weighted by Crippen LogP contribution is -2.15. The number of carbonyl (C=O) groups is 1. The van der Waals surface area contributed by atoms with Crippen LogP contribution in [0.1, 0.15) is 10.5 Å². The van der Waals surface area contributed by atoms with Crippen molar-refractivity contribution in [3.63, 3.8) is 0 Å². The molecule has 2 aromatic heterocycles. The first-order chi connectivity index (χ1) is 8.58. The molecule has 0 aromatic carbocycles. The Morgan fingerprint density at radius 1 is 1.22 bits per heavy atom. The van der Waals surface area contributed by atoms with E-state index >= 15 is 0 Å². The van der Waals surface area contributed by atoms with Gasteiger partial charge in [-0.25, -0.2) is 15.0 Å². The summed E-state index contributed by atoms with van der Waals surface area (Å²) < 4.78 is 0. The van der Waals surface area contributed by atoms with Crippen molar-refractivity contribution in [3.8, 4) is 0 Å². The lowest BCUT2D eigenvalue weighted by Gasteiger charge is -2.05. The van der Waals surface area contributed by atoms with Crippen molar-refractivity contribution < 1.29 is 4.79 Å². The third-order valence-electron chi connectivity index (χ3n) is 2.00. The lowest BCUT2D eigenvalue weighted by molar-refractivity contribution is 0.102. The normalized spacial score (nSPS) is 10.1. The zero-order valence-electron chi connectivity index (χ0n) is 8.89. The number of halogens is 2. The maximum absolute atomic E-state index is 11.8. The molecular formula is C10H7Cl2N5O. The number of carbonyl (C=O) groups excluding carboxylic acids is 1. The molecule has 2 heterocycles. The first kappa shape index (κ1) is 12.5. The summed E-state index contributed by atoms with van der Waals surface area (Å²) in [5.74, 6) is -0.341. The van der Waals surface area contributed by atoms with E-state index in [0.717, 1.165) is 0 Å². The molecule has 0 aliphatic rings. The van der Waals surface area contributed by atoms with Crippen LogP contribution in [0.3, 0.4) is 0 Å². The van der Waals surface area contributed by atoms with Crippen LogP contribution < -0.4 is 11.1 Å². The topological polar surface area (TPSA) is 93.8 Å². The molecule has 3 N–H and O–H groups in total. The molecule has 2 aromatic rings. The Bertz CT molecular complexity index is 587. The molecule has 6 nitrogen and oxygen atoms in total. The lowest BCUT2D eigenvalue weighted by atomic mass is 10.3. The fourth-order valence-corrected chi connectivity index (χ4v) is 1.42. The minimum absolute atomic E-state index is 0.0623. The molecule has 92 valence electrons. The highest BCUT2D eigenvalue weighted by Crippen LogP contribution is 2.25.